The molecule has 4 saturated heterocycles. The molecule has 412 valence electrons. The van der Waals surface area contributed by atoms with Gasteiger partial charge in [-0.2, -0.15) is 0 Å². The summed E-state index contributed by atoms with van der Waals surface area (Å²) in [5, 5.41) is 20.1. The molecule has 0 saturated carbocycles. The summed E-state index contributed by atoms with van der Waals surface area (Å²) < 4.78 is 0. The number of aliphatic imine (C=N–C) groups is 1. The first-order valence-corrected chi connectivity index (χ1v) is 25.2. The van der Waals surface area contributed by atoms with Crippen molar-refractivity contribution in [1.82, 2.24) is 40.9 Å². The van der Waals surface area contributed by atoms with Crippen molar-refractivity contribution in [1.29, 1.82) is 0 Å². The standard InChI is InChI=1S/C46H75N15O13/c1-24(2)36(57-40(68)30-10-5-21-59(30)42(70)31-11-6-22-60(31)41(69)27(15-18-35(50)64)55-37(65)25(47)13-16-33(48)62)44(72)61-23-7-12-32(61)43(71)58-20-4-9-29(58)39(67)54-26(14-17-34(49)63)38(66)56-28(45(73)74)8-3-19-53-46(51)52/h24-32,36H,3-23,47H2,1-2H3,(H2,48,62)(H2,49,63)(H2,50,64)(H,54,67)(H,55,65)(H,56,66)(H,57,68)(H,73,74)(H4,51,52,53)/t25-,26-,27-,28-,29-,30-,31-,32-,36-/m0/s1. The summed E-state index contributed by atoms with van der Waals surface area (Å²) in [4.78, 5) is 168. The van der Waals surface area contributed by atoms with Crippen LogP contribution in [0.15, 0.2) is 4.99 Å². The van der Waals surface area contributed by atoms with Gasteiger partial charge in [0.25, 0.3) is 0 Å². The Kier molecular flexibility index (Phi) is 22.3. The number of primary amides is 3. The number of nitrogens with two attached hydrogens (primary N) is 6. The molecule has 0 bridgehead atoms. The highest BCUT2D eigenvalue weighted by atomic mass is 16.4. The third-order valence-electron chi connectivity index (χ3n) is 13.8. The lowest BCUT2D eigenvalue weighted by Crippen LogP contribution is -2.60. The summed E-state index contributed by atoms with van der Waals surface area (Å²) >= 11 is 0. The van der Waals surface area contributed by atoms with Crippen molar-refractivity contribution in [3.05, 3.63) is 0 Å². The lowest BCUT2D eigenvalue weighted by atomic mass is 10.0. The van der Waals surface area contributed by atoms with E-state index in [0.29, 0.717) is 25.7 Å². The van der Waals surface area contributed by atoms with Gasteiger partial charge in [-0.1, -0.05) is 13.8 Å². The number of carboxylic acid groups (broad SMARTS) is 1. The predicted molar refractivity (Wildman–Crippen MR) is 262 cm³/mol. The van der Waals surface area contributed by atoms with Crippen LogP contribution in [0.1, 0.15) is 117 Å². The molecular weight excluding hydrogens is 971 g/mol. The molecule has 0 aromatic rings. The van der Waals surface area contributed by atoms with Gasteiger partial charge in [-0.15, -0.1) is 0 Å². The summed E-state index contributed by atoms with van der Waals surface area (Å²) in [5.41, 5.74) is 32.5. The Bertz CT molecular complexity index is 2160. The van der Waals surface area contributed by atoms with Crippen LogP contribution in [0.4, 0.5) is 0 Å². The van der Waals surface area contributed by atoms with Crippen LogP contribution < -0.4 is 55.7 Å². The minimum absolute atomic E-state index is 0.0627. The number of carbonyl (C=O) groups excluding carboxylic acids is 11. The van der Waals surface area contributed by atoms with Crippen LogP contribution >= 0.6 is 0 Å². The molecule has 4 rings (SSSR count). The molecule has 74 heavy (non-hydrogen) atoms. The van der Waals surface area contributed by atoms with Gasteiger partial charge in [0, 0.05) is 52.0 Å². The summed E-state index contributed by atoms with van der Waals surface area (Å²) in [7, 11) is 0. The molecule has 0 spiro atoms. The average Bonchev–Trinajstić information content (AvgIpc) is 4.19. The first kappa shape index (κ1) is 59.4. The molecule has 4 aliphatic rings. The Balaban J connectivity index is 1.44. The number of guanidine groups is 1. The van der Waals surface area contributed by atoms with Crippen LogP contribution in [0.25, 0.3) is 0 Å². The van der Waals surface area contributed by atoms with Gasteiger partial charge >= 0.3 is 5.97 Å². The second-order valence-corrected chi connectivity index (χ2v) is 19.6. The maximum absolute atomic E-state index is 14.5. The zero-order valence-corrected chi connectivity index (χ0v) is 42.2. The predicted octanol–water partition coefficient (Wildman–Crippen LogP) is -5.19. The van der Waals surface area contributed by atoms with E-state index in [1.807, 2.05) is 0 Å². The van der Waals surface area contributed by atoms with Crippen LogP contribution in [0.5, 0.6) is 0 Å². The summed E-state index contributed by atoms with van der Waals surface area (Å²) in [5.74, 6) is -9.54. The van der Waals surface area contributed by atoms with Gasteiger partial charge in [-0.05, 0) is 89.4 Å². The van der Waals surface area contributed by atoms with Crippen molar-refractivity contribution in [3.63, 3.8) is 0 Å². The van der Waals surface area contributed by atoms with E-state index in [9.17, 15) is 62.6 Å². The van der Waals surface area contributed by atoms with E-state index < -0.39 is 131 Å². The highest BCUT2D eigenvalue weighted by Crippen LogP contribution is 2.29. The van der Waals surface area contributed by atoms with Gasteiger partial charge in [0.15, 0.2) is 5.96 Å². The van der Waals surface area contributed by atoms with Crippen molar-refractivity contribution in [2.75, 3.05) is 32.7 Å². The van der Waals surface area contributed by atoms with E-state index in [2.05, 4.69) is 26.3 Å². The van der Waals surface area contributed by atoms with Crippen LogP contribution in [-0.4, -0.2) is 189 Å². The topological polar surface area (TPSA) is 455 Å². The Morgan fingerprint density at radius 2 is 0.959 bits per heavy atom. The van der Waals surface area contributed by atoms with Gasteiger partial charge in [-0.25, -0.2) is 4.79 Å². The molecule has 0 aromatic carbocycles. The molecule has 17 N–H and O–H groups in total. The van der Waals surface area contributed by atoms with Gasteiger partial charge in [0.05, 0.1) is 6.04 Å². The van der Waals surface area contributed by atoms with Crippen molar-refractivity contribution < 1.29 is 62.6 Å². The SMILES string of the molecule is CC(C)[C@H](NC(=O)[C@@H]1CCCN1C(=O)[C@@H]1CCCN1C(=O)[C@H](CCC(N)=O)NC(=O)[C@@H](N)CCC(N)=O)C(=O)N1CCC[C@H]1C(=O)N1CCC[C@H]1C(=O)N[C@@H](CCC(N)=O)C(=O)N[C@@H](CCCN=C(N)N)C(=O)O. The molecule has 28 heteroatoms. The molecule has 11 amide bonds. The summed E-state index contributed by atoms with van der Waals surface area (Å²) in [6.07, 6.45) is 1.36. The summed E-state index contributed by atoms with van der Waals surface area (Å²) in [6.45, 7) is 4.11. The number of amides is 11. The third kappa shape index (κ3) is 16.4. The number of aliphatic carboxylic acids is 1. The zero-order valence-electron chi connectivity index (χ0n) is 42.2. The van der Waals surface area contributed by atoms with Crippen molar-refractivity contribution in [3.8, 4) is 0 Å². The third-order valence-corrected chi connectivity index (χ3v) is 13.8. The number of carboxylic acids is 1. The molecular formula is C46H75N15O13. The van der Waals surface area contributed by atoms with E-state index in [1.165, 1.54) is 19.6 Å². The Hall–Kier alpha value is -7.13. The zero-order chi connectivity index (χ0) is 55.0. The van der Waals surface area contributed by atoms with Gasteiger partial charge in [-0.3, -0.25) is 57.7 Å². The van der Waals surface area contributed by atoms with E-state index in [0.717, 1.165) is 0 Å². The molecule has 4 aliphatic heterocycles. The maximum Gasteiger partial charge on any atom is 0.326 e. The molecule has 4 fully saturated rings. The maximum atomic E-state index is 14.5. The van der Waals surface area contributed by atoms with Crippen molar-refractivity contribution >= 4 is 76.9 Å². The second kappa shape index (κ2) is 27.8. The fourth-order valence-corrected chi connectivity index (χ4v) is 9.81. The van der Waals surface area contributed by atoms with E-state index in [-0.39, 0.29) is 116 Å². The van der Waals surface area contributed by atoms with Gasteiger partial charge in [0.2, 0.25) is 65.0 Å². The molecule has 28 nitrogen and oxygen atoms in total. The first-order chi connectivity index (χ1) is 34.9. The molecule has 0 aliphatic carbocycles. The Morgan fingerprint density at radius 3 is 1.43 bits per heavy atom. The van der Waals surface area contributed by atoms with E-state index in [1.54, 1.807) is 13.8 Å². The van der Waals surface area contributed by atoms with Crippen molar-refractivity contribution in [2.45, 2.75) is 171 Å². The molecule has 0 radical (unpaired) electrons. The molecule has 0 aromatic heterocycles. The lowest BCUT2D eigenvalue weighted by Gasteiger charge is -2.35. The summed E-state index contributed by atoms with van der Waals surface area (Å²) in [6, 6.07) is -10.6. The fraction of sp³-hybridized carbons (Fsp3) is 0.717. The number of rotatable bonds is 27. The van der Waals surface area contributed by atoms with Gasteiger partial charge < -0.3 is 80.4 Å². The minimum atomic E-state index is -1.41. The fourth-order valence-electron chi connectivity index (χ4n) is 9.81. The highest BCUT2D eigenvalue weighted by Gasteiger charge is 2.47. The van der Waals surface area contributed by atoms with Gasteiger partial charge in [0.1, 0.15) is 48.3 Å². The normalized spacial score (nSPS) is 21.5. The Labute approximate surface area is 428 Å². The number of hydrogen-bond acceptors (Lipinski definition) is 14. The average molecular weight is 1050 g/mol. The van der Waals surface area contributed by atoms with Crippen LogP contribution in [-0.2, 0) is 57.5 Å². The lowest BCUT2D eigenvalue weighted by molar-refractivity contribution is -0.150. The smallest absolute Gasteiger partial charge is 0.326 e. The monoisotopic (exact) mass is 1050 g/mol. The van der Waals surface area contributed by atoms with E-state index >= 15 is 0 Å². The number of likely N-dealkylation sites (tertiary alicyclic amines) is 4. The van der Waals surface area contributed by atoms with E-state index in [4.69, 9.17) is 34.4 Å². The molecule has 9 atom stereocenters. The van der Waals surface area contributed by atoms with Crippen LogP contribution in [0.3, 0.4) is 0 Å². The number of hydrogen-bond donors (Lipinski definition) is 11. The number of nitrogens with zero attached hydrogens (tertiary/aromatic N) is 5. The van der Waals surface area contributed by atoms with Crippen LogP contribution in [0.2, 0.25) is 0 Å². The van der Waals surface area contributed by atoms with Crippen LogP contribution in [0, 0.1) is 5.92 Å². The molecule has 4 heterocycles. The largest absolute Gasteiger partial charge is 0.480 e. The number of nitrogens with one attached hydrogen (secondary N) is 4. The minimum Gasteiger partial charge on any atom is -0.480 e. The first-order valence-electron chi connectivity index (χ1n) is 25.2. The number of carbonyl (C=O) groups is 12. The Morgan fingerprint density at radius 1 is 0.527 bits per heavy atom. The quantitative estimate of drug-likeness (QED) is 0.0208. The molecule has 0 unspecified atom stereocenters. The van der Waals surface area contributed by atoms with Crippen molar-refractivity contribution in [2.24, 2.45) is 45.3 Å². The highest BCUT2D eigenvalue weighted by molar-refractivity contribution is 5.99. The second-order valence-electron chi connectivity index (χ2n) is 19.6.